The molecule has 1 aliphatic rings. The van der Waals surface area contributed by atoms with E-state index in [9.17, 15) is 9.59 Å². The molecule has 1 unspecified atom stereocenters. The average Bonchev–Trinajstić information content (AvgIpc) is 2.78. The van der Waals surface area contributed by atoms with Gasteiger partial charge >= 0.3 is 5.97 Å². The van der Waals surface area contributed by atoms with Crippen molar-refractivity contribution in [2.45, 2.75) is 32.8 Å². The molecule has 4 nitrogen and oxygen atoms in total. The van der Waals surface area contributed by atoms with Crippen LogP contribution in [0.1, 0.15) is 37.6 Å². The van der Waals surface area contributed by atoms with Crippen molar-refractivity contribution in [1.29, 1.82) is 0 Å². The standard InChI is InChI=1S/C17H19NO3/c1-5-12-9-15(19)18(11-12)14-8-6-7-13(10-14)16(20)21-17(2,3)4/h1,6-8,10,12H,9,11H2,2-4H3. The van der Waals surface area contributed by atoms with Gasteiger partial charge in [0.05, 0.1) is 5.56 Å². The van der Waals surface area contributed by atoms with Crippen molar-refractivity contribution in [3.05, 3.63) is 29.8 Å². The minimum atomic E-state index is -0.550. The van der Waals surface area contributed by atoms with E-state index in [1.54, 1.807) is 29.2 Å². The molecular formula is C17H19NO3. The number of hydrogen-bond donors (Lipinski definition) is 0. The summed E-state index contributed by atoms with van der Waals surface area (Å²) in [5.74, 6) is 2.13. The van der Waals surface area contributed by atoms with Gasteiger partial charge in [0, 0.05) is 24.6 Å². The zero-order valence-corrected chi connectivity index (χ0v) is 12.6. The molecule has 1 aliphatic heterocycles. The maximum absolute atomic E-state index is 12.1. The molecule has 0 radical (unpaired) electrons. The minimum Gasteiger partial charge on any atom is -0.456 e. The summed E-state index contributed by atoms with van der Waals surface area (Å²) < 4.78 is 5.34. The topological polar surface area (TPSA) is 46.6 Å². The fourth-order valence-corrected chi connectivity index (χ4v) is 2.21. The third kappa shape index (κ3) is 3.63. The molecule has 110 valence electrons. The minimum absolute atomic E-state index is 0.0145. The van der Waals surface area contributed by atoms with Gasteiger partial charge in [-0.25, -0.2) is 4.79 Å². The van der Waals surface area contributed by atoms with E-state index in [2.05, 4.69) is 5.92 Å². The van der Waals surface area contributed by atoms with E-state index in [0.717, 1.165) is 0 Å². The molecule has 1 aromatic carbocycles. The van der Waals surface area contributed by atoms with Crippen molar-refractivity contribution in [2.75, 3.05) is 11.4 Å². The van der Waals surface area contributed by atoms with E-state index in [-0.39, 0.29) is 11.8 Å². The molecule has 1 amide bonds. The van der Waals surface area contributed by atoms with Crippen molar-refractivity contribution in [2.24, 2.45) is 5.92 Å². The van der Waals surface area contributed by atoms with Gasteiger partial charge in [-0.3, -0.25) is 4.79 Å². The van der Waals surface area contributed by atoms with Crippen molar-refractivity contribution in [1.82, 2.24) is 0 Å². The molecule has 1 aromatic rings. The molecule has 0 N–H and O–H groups in total. The van der Waals surface area contributed by atoms with Crippen LogP contribution in [0.4, 0.5) is 5.69 Å². The average molecular weight is 285 g/mol. The van der Waals surface area contributed by atoms with Crippen molar-refractivity contribution < 1.29 is 14.3 Å². The Morgan fingerprint density at radius 2 is 2.14 bits per heavy atom. The first kappa shape index (κ1) is 15.1. The maximum atomic E-state index is 12.1. The Balaban J connectivity index is 2.21. The van der Waals surface area contributed by atoms with Gasteiger partial charge in [0.2, 0.25) is 5.91 Å². The number of hydrogen-bond acceptors (Lipinski definition) is 3. The van der Waals surface area contributed by atoms with Gasteiger partial charge in [-0.2, -0.15) is 0 Å². The number of anilines is 1. The Morgan fingerprint density at radius 3 is 2.71 bits per heavy atom. The van der Waals surface area contributed by atoms with E-state index in [1.165, 1.54) is 0 Å². The molecule has 0 aliphatic carbocycles. The van der Waals surface area contributed by atoms with Crippen LogP contribution in [0, 0.1) is 18.3 Å². The molecule has 4 heteroatoms. The molecular weight excluding hydrogens is 266 g/mol. The van der Waals surface area contributed by atoms with E-state index >= 15 is 0 Å². The molecule has 1 fully saturated rings. The summed E-state index contributed by atoms with van der Waals surface area (Å²) in [6, 6.07) is 6.89. The van der Waals surface area contributed by atoms with E-state index in [4.69, 9.17) is 11.2 Å². The van der Waals surface area contributed by atoms with Crippen LogP contribution >= 0.6 is 0 Å². The fraction of sp³-hybridized carbons (Fsp3) is 0.412. The Kier molecular flexibility index (Phi) is 4.04. The number of amides is 1. The first-order chi connectivity index (χ1) is 9.80. The molecule has 0 saturated carbocycles. The fourth-order valence-electron chi connectivity index (χ4n) is 2.21. The number of nitrogens with zero attached hydrogens (tertiary/aromatic N) is 1. The molecule has 21 heavy (non-hydrogen) atoms. The smallest absolute Gasteiger partial charge is 0.338 e. The summed E-state index contributed by atoms with van der Waals surface area (Å²) >= 11 is 0. The highest BCUT2D eigenvalue weighted by molar-refractivity contribution is 5.98. The summed E-state index contributed by atoms with van der Waals surface area (Å²) in [7, 11) is 0. The highest BCUT2D eigenvalue weighted by atomic mass is 16.6. The third-order valence-corrected chi connectivity index (χ3v) is 3.15. The molecule has 2 rings (SSSR count). The van der Waals surface area contributed by atoms with Gasteiger partial charge in [-0.05, 0) is 39.0 Å². The Morgan fingerprint density at radius 1 is 1.43 bits per heavy atom. The lowest BCUT2D eigenvalue weighted by Gasteiger charge is -2.20. The van der Waals surface area contributed by atoms with Crippen LogP contribution < -0.4 is 4.90 Å². The maximum Gasteiger partial charge on any atom is 0.338 e. The van der Waals surface area contributed by atoms with Crippen LogP contribution in [0.25, 0.3) is 0 Å². The first-order valence-corrected chi connectivity index (χ1v) is 6.90. The van der Waals surface area contributed by atoms with Crippen LogP contribution in [-0.4, -0.2) is 24.0 Å². The SMILES string of the molecule is C#CC1CC(=O)N(c2cccc(C(=O)OC(C)(C)C)c2)C1. The number of benzene rings is 1. The number of rotatable bonds is 2. The van der Waals surface area contributed by atoms with E-state index in [1.807, 2.05) is 20.8 Å². The van der Waals surface area contributed by atoms with Gasteiger partial charge in [0.25, 0.3) is 0 Å². The molecule has 1 saturated heterocycles. The van der Waals surface area contributed by atoms with E-state index < -0.39 is 11.6 Å². The van der Waals surface area contributed by atoms with Crippen LogP contribution in [-0.2, 0) is 9.53 Å². The van der Waals surface area contributed by atoms with Crippen LogP contribution in [0.3, 0.4) is 0 Å². The highest BCUT2D eigenvalue weighted by Crippen LogP contribution is 2.26. The van der Waals surface area contributed by atoms with Crippen LogP contribution in [0.15, 0.2) is 24.3 Å². The molecule has 0 aromatic heterocycles. The monoisotopic (exact) mass is 285 g/mol. The summed E-state index contributed by atoms with van der Waals surface area (Å²) in [6.07, 6.45) is 5.74. The zero-order chi connectivity index (χ0) is 15.6. The Hall–Kier alpha value is -2.28. The number of terminal acetylenes is 1. The molecule has 1 atom stereocenters. The lowest BCUT2D eigenvalue weighted by Crippen LogP contribution is -2.26. The van der Waals surface area contributed by atoms with Gasteiger partial charge in [0.15, 0.2) is 0 Å². The summed E-state index contributed by atoms with van der Waals surface area (Å²) in [6.45, 7) is 5.94. The number of esters is 1. The highest BCUT2D eigenvalue weighted by Gasteiger charge is 2.29. The summed E-state index contributed by atoms with van der Waals surface area (Å²) in [5, 5.41) is 0. The lowest BCUT2D eigenvalue weighted by atomic mass is 10.1. The predicted molar refractivity (Wildman–Crippen MR) is 80.9 cm³/mol. The van der Waals surface area contributed by atoms with Crippen molar-refractivity contribution >= 4 is 17.6 Å². The number of carbonyl (C=O) groups excluding carboxylic acids is 2. The van der Waals surface area contributed by atoms with Gasteiger partial charge in [0.1, 0.15) is 5.60 Å². The summed E-state index contributed by atoms with van der Waals surface area (Å²) in [4.78, 5) is 25.7. The second kappa shape index (κ2) is 5.61. The number of carbonyl (C=O) groups is 2. The molecule has 0 bridgehead atoms. The second-order valence-electron chi connectivity index (χ2n) is 6.12. The Bertz CT molecular complexity index is 607. The Labute approximate surface area is 125 Å². The van der Waals surface area contributed by atoms with Crippen LogP contribution in [0.5, 0.6) is 0 Å². The predicted octanol–water partition coefficient (Wildman–Crippen LogP) is 2.63. The van der Waals surface area contributed by atoms with Gasteiger partial charge < -0.3 is 9.64 Å². The molecule has 0 spiro atoms. The van der Waals surface area contributed by atoms with Gasteiger partial charge in [-0.1, -0.05) is 6.07 Å². The number of ether oxygens (including phenoxy) is 1. The van der Waals surface area contributed by atoms with Crippen molar-refractivity contribution in [3.63, 3.8) is 0 Å². The van der Waals surface area contributed by atoms with Crippen LogP contribution in [0.2, 0.25) is 0 Å². The second-order valence-corrected chi connectivity index (χ2v) is 6.12. The van der Waals surface area contributed by atoms with Gasteiger partial charge in [-0.15, -0.1) is 12.3 Å². The normalized spacial score (nSPS) is 18.5. The van der Waals surface area contributed by atoms with E-state index in [0.29, 0.717) is 24.2 Å². The third-order valence-electron chi connectivity index (χ3n) is 3.15. The quantitative estimate of drug-likeness (QED) is 0.620. The summed E-state index contributed by atoms with van der Waals surface area (Å²) in [5.41, 5.74) is 0.561. The zero-order valence-electron chi connectivity index (χ0n) is 12.6. The first-order valence-electron chi connectivity index (χ1n) is 6.90. The molecule has 1 heterocycles. The largest absolute Gasteiger partial charge is 0.456 e. The lowest BCUT2D eigenvalue weighted by molar-refractivity contribution is -0.117. The van der Waals surface area contributed by atoms with Crippen molar-refractivity contribution in [3.8, 4) is 12.3 Å².